The van der Waals surface area contributed by atoms with Gasteiger partial charge in [-0.15, -0.1) is 0 Å². The third-order valence-electron chi connectivity index (χ3n) is 6.36. The highest BCUT2D eigenvalue weighted by Gasteiger charge is 2.27. The van der Waals surface area contributed by atoms with Crippen LogP contribution in [0.3, 0.4) is 0 Å². The minimum Gasteiger partial charge on any atom is -0.493 e. The number of piperidine rings is 1. The molecule has 1 N–H and O–H groups in total. The molecule has 9 nitrogen and oxygen atoms in total. The molecule has 0 unspecified atom stereocenters. The molecule has 0 atom stereocenters. The first kappa shape index (κ1) is 25.1. The van der Waals surface area contributed by atoms with E-state index < -0.39 is 0 Å². The van der Waals surface area contributed by atoms with Gasteiger partial charge in [0.2, 0.25) is 11.7 Å². The number of amides is 2. The molecule has 2 heterocycles. The summed E-state index contributed by atoms with van der Waals surface area (Å²) in [4.78, 5) is 29.6. The fraction of sp³-hybridized carbons (Fsp3) is 0.667. The molecule has 2 aliphatic rings. The molecule has 9 heteroatoms. The van der Waals surface area contributed by atoms with E-state index in [0.717, 1.165) is 52.1 Å². The number of hydrogen-bond donors (Lipinski definition) is 1. The molecule has 2 fully saturated rings. The quantitative estimate of drug-likeness (QED) is 0.529. The largest absolute Gasteiger partial charge is 0.493 e. The molecule has 0 radical (unpaired) electrons. The van der Waals surface area contributed by atoms with Crippen LogP contribution in [0.4, 0.5) is 0 Å². The summed E-state index contributed by atoms with van der Waals surface area (Å²) in [6, 6.07) is 3.36. The van der Waals surface area contributed by atoms with Crippen molar-refractivity contribution in [3.05, 3.63) is 17.7 Å². The summed E-state index contributed by atoms with van der Waals surface area (Å²) >= 11 is 0. The van der Waals surface area contributed by atoms with Gasteiger partial charge in [-0.05, 0) is 43.9 Å². The van der Waals surface area contributed by atoms with E-state index in [1.807, 2.05) is 4.90 Å². The number of rotatable bonds is 10. The van der Waals surface area contributed by atoms with Crippen LogP contribution in [0.25, 0.3) is 0 Å². The fourth-order valence-electron chi connectivity index (χ4n) is 4.42. The topological polar surface area (TPSA) is 89.6 Å². The summed E-state index contributed by atoms with van der Waals surface area (Å²) in [5.74, 6) is 1.71. The molecular weight excluding hydrogens is 426 g/mol. The standard InChI is InChI=1S/C24H37N3O6/c1-30-20-16-19(17-21(31-2)23(20)32-3)24(29)27-9-5-18(6-10-27)15-22(28)25-7-4-8-26-11-13-33-14-12-26/h16-18H,4-15H2,1-3H3,(H,25,28). The second-order valence-corrected chi connectivity index (χ2v) is 8.51. The molecule has 1 aromatic carbocycles. The number of carbonyl (C=O) groups is 2. The average Bonchev–Trinajstić information content (AvgIpc) is 2.86. The maximum Gasteiger partial charge on any atom is 0.254 e. The third kappa shape index (κ3) is 6.98. The van der Waals surface area contributed by atoms with Crippen LogP contribution in [-0.4, -0.2) is 95.4 Å². The molecule has 2 amide bonds. The van der Waals surface area contributed by atoms with Crippen molar-refractivity contribution in [1.29, 1.82) is 0 Å². The minimum atomic E-state index is -0.0692. The molecule has 0 saturated carbocycles. The van der Waals surface area contributed by atoms with Crippen molar-refractivity contribution in [2.45, 2.75) is 25.7 Å². The van der Waals surface area contributed by atoms with Crippen molar-refractivity contribution in [3.63, 3.8) is 0 Å². The Labute approximate surface area is 196 Å². The Balaban J connectivity index is 1.42. The van der Waals surface area contributed by atoms with Crippen LogP contribution in [0.1, 0.15) is 36.0 Å². The smallest absolute Gasteiger partial charge is 0.254 e. The first-order valence-corrected chi connectivity index (χ1v) is 11.7. The van der Waals surface area contributed by atoms with Crippen LogP contribution in [0.2, 0.25) is 0 Å². The predicted octanol–water partition coefficient (Wildman–Crippen LogP) is 1.79. The van der Waals surface area contributed by atoms with Gasteiger partial charge in [-0.25, -0.2) is 0 Å². The number of ether oxygens (including phenoxy) is 4. The van der Waals surface area contributed by atoms with Crippen LogP contribution in [-0.2, 0) is 9.53 Å². The molecule has 0 spiro atoms. The summed E-state index contributed by atoms with van der Waals surface area (Å²) in [6.45, 7) is 6.50. The second-order valence-electron chi connectivity index (χ2n) is 8.51. The Morgan fingerprint density at radius 2 is 1.64 bits per heavy atom. The van der Waals surface area contributed by atoms with Gasteiger partial charge in [0.1, 0.15) is 0 Å². The molecule has 184 valence electrons. The summed E-state index contributed by atoms with van der Waals surface area (Å²) < 4.78 is 21.4. The van der Waals surface area contributed by atoms with Gasteiger partial charge < -0.3 is 29.2 Å². The van der Waals surface area contributed by atoms with E-state index in [0.29, 0.717) is 54.8 Å². The van der Waals surface area contributed by atoms with Crippen molar-refractivity contribution >= 4 is 11.8 Å². The number of carbonyl (C=O) groups excluding carboxylic acids is 2. The Hall–Kier alpha value is -2.52. The minimum absolute atomic E-state index is 0.0692. The van der Waals surface area contributed by atoms with E-state index in [9.17, 15) is 9.59 Å². The van der Waals surface area contributed by atoms with Gasteiger partial charge in [-0.1, -0.05) is 0 Å². The van der Waals surface area contributed by atoms with Gasteiger partial charge in [0.15, 0.2) is 11.5 Å². The Morgan fingerprint density at radius 3 is 2.21 bits per heavy atom. The zero-order valence-corrected chi connectivity index (χ0v) is 20.1. The molecule has 0 bridgehead atoms. The number of likely N-dealkylation sites (tertiary alicyclic amines) is 1. The highest BCUT2D eigenvalue weighted by molar-refractivity contribution is 5.95. The summed E-state index contributed by atoms with van der Waals surface area (Å²) in [5, 5.41) is 3.05. The lowest BCUT2D eigenvalue weighted by atomic mass is 9.92. The van der Waals surface area contributed by atoms with E-state index in [4.69, 9.17) is 18.9 Å². The van der Waals surface area contributed by atoms with Gasteiger partial charge in [0.25, 0.3) is 5.91 Å². The van der Waals surface area contributed by atoms with E-state index in [1.54, 1.807) is 12.1 Å². The Kier molecular flexibility index (Phi) is 9.62. The molecular formula is C24H37N3O6. The molecule has 1 aromatic rings. The number of methoxy groups -OCH3 is 3. The van der Waals surface area contributed by atoms with Crippen LogP contribution in [0.15, 0.2) is 12.1 Å². The molecule has 3 rings (SSSR count). The van der Waals surface area contributed by atoms with E-state index in [2.05, 4.69) is 10.2 Å². The van der Waals surface area contributed by atoms with Crippen LogP contribution in [0.5, 0.6) is 17.2 Å². The van der Waals surface area contributed by atoms with Gasteiger partial charge in [0, 0.05) is 44.7 Å². The summed E-state index contributed by atoms with van der Waals surface area (Å²) in [7, 11) is 4.60. The molecule has 0 aromatic heterocycles. The zero-order chi connectivity index (χ0) is 23.6. The van der Waals surface area contributed by atoms with Gasteiger partial charge in [0.05, 0.1) is 34.5 Å². The summed E-state index contributed by atoms with van der Waals surface area (Å²) in [6.07, 6.45) is 3.10. The number of nitrogens with zero attached hydrogens (tertiary/aromatic N) is 2. The monoisotopic (exact) mass is 463 g/mol. The zero-order valence-electron chi connectivity index (χ0n) is 20.1. The van der Waals surface area contributed by atoms with Crippen molar-refractivity contribution in [2.75, 3.05) is 73.8 Å². The summed E-state index contributed by atoms with van der Waals surface area (Å²) in [5.41, 5.74) is 0.501. The number of hydrogen-bond acceptors (Lipinski definition) is 7. The number of nitrogens with one attached hydrogen (secondary N) is 1. The lowest BCUT2D eigenvalue weighted by Crippen LogP contribution is -2.40. The van der Waals surface area contributed by atoms with E-state index in [-0.39, 0.29) is 11.8 Å². The number of benzene rings is 1. The molecule has 2 aliphatic heterocycles. The van der Waals surface area contributed by atoms with Crippen molar-refractivity contribution in [3.8, 4) is 17.2 Å². The lowest BCUT2D eigenvalue weighted by molar-refractivity contribution is -0.122. The average molecular weight is 464 g/mol. The Morgan fingerprint density at radius 1 is 1.00 bits per heavy atom. The highest BCUT2D eigenvalue weighted by atomic mass is 16.5. The highest BCUT2D eigenvalue weighted by Crippen LogP contribution is 2.38. The van der Waals surface area contributed by atoms with E-state index >= 15 is 0 Å². The predicted molar refractivity (Wildman–Crippen MR) is 124 cm³/mol. The number of morpholine rings is 1. The lowest BCUT2D eigenvalue weighted by Gasteiger charge is -2.32. The third-order valence-corrected chi connectivity index (χ3v) is 6.36. The first-order chi connectivity index (χ1) is 16.0. The molecule has 0 aliphatic carbocycles. The van der Waals surface area contributed by atoms with E-state index in [1.165, 1.54) is 21.3 Å². The van der Waals surface area contributed by atoms with Crippen molar-refractivity contribution < 1.29 is 28.5 Å². The first-order valence-electron chi connectivity index (χ1n) is 11.7. The van der Waals surface area contributed by atoms with Crippen LogP contribution in [0, 0.1) is 5.92 Å². The van der Waals surface area contributed by atoms with Crippen LogP contribution < -0.4 is 19.5 Å². The second kappa shape index (κ2) is 12.6. The van der Waals surface area contributed by atoms with Gasteiger partial charge in [-0.3, -0.25) is 14.5 Å². The molecule has 33 heavy (non-hydrogen) atoms. The normalized spacial score (nSPS) is 17.5. The van der Waals surface area contributed by atoms with Crippen molar-refractivity contribution in [1.82, 2.24) is 15.1 Å². The SMILES string of the molecule is COc1cc(C(=O)N2CCC(CC(=O)NCCCN3CCOCC3)CC2)cc(OC)c1OC. The van der Waals surface area contributed by atoms with Crippen molar-refractivity contribution in [2.24, 2.45) is 5.92 Å². The molecule has 2 saturated heterocycles. The maximum atomic E-state index is 13.1. The van der Waals surface area contributed by atoms with Gasteiger partial charge in [-0.2, -0.15) is 0 Å². The maximum absolute atomic E-state index is 13.1. The fourth-order valence-corrected chi connectivity index (χ4v) is 4.42. The van der Waals surface area contributed by atoms with Crippen LogP contribution >= 0.6 is 0 Å². The van der Waals surface area contributed by atoms with Gasteiger partial charge >= 0.3 is 0 Å². The Bertz CT molecular complexity index is 763.